The van der Waals surface area contributed by atoms with E-state index in [0.29, 0.717) is 12.5 Å². The van der Waals surface area contributed by atoms with Gasteiger partial charge < -0.3 is 15.6 Å². The zero-order valence-electron chi connectivity index (χ0n) is 12.5. The maximum atomic E-state index is 13.4. The van der Waals surface area contributed by atoms with Gasteiger partial charge in [-0.3, -0.25) is 4.79 Å². The predicted molar refractivity (Wildman–Crippen MR) is 75.0 cm³/mol. The van der Waals surface area contributed by atoms with Crippen molar-refractivity contribution in [3.05, 3.63) is 35.4 Å². The molecule has 0 radical (unpaired) electrons. The van der Waals surface area contributed by atoms with Crippen LogP contribution >= 0.6 is 0 Å². The molecular weight excluding hydrogens is 280 g/mol. The van der Waals surface area contributed by atoms with Crippen LogP contribution in [0.4, 0.5) is 8.78 Å². The second-order valence-electron chi connectivity index (χ2n) is 5.71. The average Bonchev–Trinajstić information content (AvgIpc) is 2.38. The molecule has 0 saturated heterocycles. The number of carbonyl (C=O) groups is 1. The number of benzene rings is 1. The van der Waals surface area contributed by atoms with Crippen LogP contribution in [0.1, 0.15) is 32.3 Å². The van der Waals surface area contributed by atoms with Crippen molar-refractivity contribution in [1.29, 1.82) is 0 Å². The molecule has 1 atom stereocenters. The van der Waals surface area contributed by atoms with Gasteiger partial charge in [0.2, 0.25) is 0 Å². The van der Waals surface area contributed by atoms with Crippen LogP contribution in [0.3, 0.4) is 0 Å². The Morgan fingerprint density at radius 1 is 1.24 bits per heavy atom. The lowest BCUT2D eigenvalue weighted by Gasteiger charge is -2.32. The van der Waals surface area contributed by atoms with E-state index in [2.05, 4.69) is 0 Å². The molecule has 0 aromatic heterocycles. The van der Waals surface area contributed by atoms with Crippen LogP contribution in [0, 0.1) is 11.6 Å². The quantitative estimate of drug-likeness (QED) is 0.811. The van der Waals surface area contributed by atoms with Gasteiger partial charge in [-0.1, -0.05) is 0 Å². The number of halogens is 2. The molecule has 0 aliphatic carbocycles. The van der Waals surface area contributed by atoms with Gasteiger partial charge in [0.15, 0.2) is 0 Å². The van der Waals surface area contributed by atoms with E-state index in [4.69, 9.17) is 10.5 Å². The highest BCUT2D eigenvalue weighted by molar-refractivity contribution is 5.81. The van der Waals surface area contributed by atoms with E-state index < -0.39 is 28.6 Å². The average molecular weight is 301 g/mol. The van der Waals surface area contributed by atoms with Gasteiger partial charge in [-0.05, 0) is 44.4 Å². The van der Waals surface area contributed by atoms with Crippen molar-refractivity contribution in [3.63, 3.8) is 0 Å². The first-order valence-corrected chi connectivity index (χ1v) is 6.62. The number of hydrogen-bond donors (Lipinski definition) is 2. The van der Waals surface area contributed by atoms with Crippen molar-refractivity contribution in [2.45, 2.75) is 37.7 Å². The topological polar surface area (TPSA) is 72.5 Å². The summed E-state index contributed by atoms with van der Waals surface area (Å²) in [5, 5.41) is 9.56. The number of carboxylic acid groups (broad SMARTS) is 1. The zero-order valence-corrected chi connectivity index (χ0v) is 12.5. The van der Waals surface area contributed by atoms with E-state index in [1.54, 1.807) is 0 Å². The van der Waals surface area contributed by atoms with Crippen molar-refractivity contribution in [1.82, 2.24) is 0 Å². The molecule has 21 heavy (non-hydrogen) atoms. The molecule has 6 heteroatoms. The minimum atomic E-state index is -1.54. The van der Waals surface area contributed by atoms with E-state index >= 15 is 0 Å². The number of aliphatic carboxylic acids is 1. The minimum Gasteiger partial charge on any atom is -0.481 e. The number of methoxy groups -OCH3 is 1. The predicted octanol–water partition coefficient (Wildman–Crippen LogP) is 2.45. The molecule has 4 nitrogen and oxygen atoms in total. The van der Waals surface area contributed by atoms with Gasteiger partial charge in [-0.25, -0.2) is 8.78 Å². The number of nitrogens with two attached hydrogens (primary N) is 1. The summed E-state index contributed by atoms with van der Waals surface area (Å²) in [6, 6.07) is 2.74. The Hall–Kier alpha value is -1.53. The molecule has 0 aliphatic rings. The molecule has 0 fully saturated rings. The Balaban J connectivity index is 3.23. The Morgan fingerprint density at radius 2 is 1.76 bits per heavy atom. The Labute approximate surface area is 122 Å². The zero-order chi connectivity index (χ0) is 16.3. The van der Waals surface area contributed by atoms with E-state index in [1.807, 2.05) is 13.8 Å². The van der Waals surface area contributed by atoms with Gasteiger partial charge in [0.05, 0.1) is 5.60 Å². The number of rotatable bonds is 7. The maximum Gasteiger partial charge on any atom is 0.315 e. The standard InChI is InChI=1S/C15H21F2NO3/c1-14(2,21-3)4-5-15(9-18,13(19)20)10-6-11(16)8-12(17)7-10/h6-8H,4-5,9,18H2,1-3H3,(H,19,20). The molecule has 1 aromatic carbocycles. The largest absolute Gasteiger partial charge is 0.481 e. The van der Waals surface area contributed by atoms with E-state index in [1.165, 1.54) is 7.11 Å². The molecule has 0 saturated carbocycles. The van der Waals surface area contributed by atoms with Gasteiger partial charge >= 0.3 is 5.97 Å². The lowest BCUT2D eigenvalue weighted by Crippen LogP contribution is -2.44. The monoisotopic (exact) mass is 301 g/mol. The van der Waals surface area contributed by atoms with Gasteiger partial charge in [0.1, 0.15) is 17.0 Å². The van der Waals surface area contributed by atoms with Crippen LogP contribution in [0.5, 0.6) is 0 Å². The lowest BCUT2D eigenvalue weighted by atomic mass is 9.74. The molecule has 0 spiro atoms. The third-order valence-electron chi connectivity index (χ3n) is 3.88. The second-order valence-corrected chi connectivity index (χ2v) is 5.71. The molecule has 118 valence electrons. The van der Waals surface area contributed by atoms with Crippen LogP contribution in [0.2, 0.25) is 0 Å². The van der Waals surface area contributed by atoms with Crippen molar-refractivity contribution in [2.24, 2.45) is 5.73 Å². The van der Waals surface area contributed by atoms with Crippen molar-refractivity contribution >= 4 is 5.97 Å². The highest BCUT2D eigenvalue weighted by atomic mass is 19.1. The first-order valence-electron chi connectivity index (χ1n) is 6.62. The molecule has 0 aliphatic heterocycles. The van der Waals surface area contributed by atoms with Crippen molar-refractivity contribution < 1.29 is 23.4 Å². The molecule has 1 aromatic rings. The summed E-state index contributed by atoms with van der Waals surface area (Å²) in [7, 11) is 1.52. The molecule has 3 N–H and O–H groups in total. The third kappa shape index (κ3) is 3.98. The van der Waals surface area contributed by atoms with Crippen LogP contribution in [-0.2, 0) is 14.9 Å². The molecule has 0 amide bonds. The first kappa shape index (κ1) is 17.5. The van der Waals surface area contributed by atoms with Crippen LogP contribution in [0.25, 0.3) is 0 Å². The SMILES string of the molecule is COC(C)(C)CCC(CN)(C(=O)O)c1cc(F)cc(F)c1. The number of hydrogen-bond acceptors (Lipinski definition) is 3. The fourth-order valence-corrected chi connectivity index (χ4v) is 2.13. The Kier molecular flexibility index (Phi) is 5.42. The Morgan fingerprint density at radius 3 is 2.14 bits per heavy atom. The summed E-state index contributed by atoms with van der Waals surface area (Å²) in [6.07, 6.45) is 0.494. The summed E-state index contributed by atoms with van der Waals surface area (Å²) in [5.41, 5.74) is 3.58. The molecule has 1 unspecified atom stereocenters. The fourth-order valence-electron chi connectivity index (χ4n) is 2.13. The van der Waals surface area contributed by atoms with Crippen LogP contribution in [-0.4, -0.2) is 30.3 Å². The van der Waals surface area contributed by atoms with Gasteiger partial charge in [-0.2, -0.15) is 0 Å². The van der Waals surface area contributed by atoms with Crippen LogP contribution in [0.15, 0.2) is 18.2 Å². The second kappa shape index (κ2) is 6.49. The molecule has 1 rings (SSSR count). The highest BCUT2D eigenvalue weighted by Crippen LogP contribution is 2.33. The normalized spacial score (nSPS) is 14.8. The summed E-state index contributed by atoms with van der Waals surface area (Å²) < 4.78 is 32.1. The maximum absolute atomic E-state index is 13.4. The summed E-state index contributed by atoms with van der Waals surface area (Å²) in [5.74, 6) is -2.85. The molecule has 0 bridgehead atoms. The summed E-state index contributed by atoms with van der Waals surface area (Å²) in [6.45, 7) is 3.36. The van der Waals surface area contributed by atoms with Gasteiger partial charge in [0, 0.05) is 19.7 Å². The van der Waals surface area contributed by atoms with Gasteiger partial charge in [-0.15, -0.1) is 0 Å². The minimum absolute atomic E-state index is 0.0295. The number of ether oxygens (including phenoxy) is 1. The fraction of sp³-hybridized carbons (Fsp3) is 0.533. The molecular formula is C15H21F2NO3. The summed E-state index contributed by atoms with van der Waals surface area (Å²) >= 11 is 0. The summed E-state index contributed by atoms with van der Waals surface area (Å²) in [4.78, 5) is 11.7. The van der Waals surface area contributed by atoms with Gasteiger partial charge in [0.25, 0.3) is 0 Å². The van der Waals surface area contributed by atoms with Crippen molar-refractivity contribution in [2.75, 3.05) is 13.7 Å². The van der Waals surface area contributed by atoms with E-state index in [0.717, 1.165) is 12.1 Å². The number of carboxylic acids is 1. The van der Waals surface area contributed by atoms with Crippen molar-refractivity contribution in [3.8, 4) is 0 Å². The molecule has 0 heterocycles. The Bertz CT molecular complexity index is 499. The highest BCUT2D eigenvalue weighted by Gasteiger charge is 2.41. The lowest BCUT2D eigenvalue weighted by molar-refractivity contribution is -0.144. The van der Waals surface area contributed by atoms with Crippen LogP contribution < -0.4 is 5.73 Å². The smallest absolute Gasteiger partial charge is 0.315 e. The van der Waals surface area contributed by atoms with E-state index in [-0.39, 0.29) is 18.5 Å². The first-order chi connectivity index (χ1) is 9.66. The van der Waals surface area contributed by atoms with E-state index in [9.17, 15) is 18.7 Å². The third-order valence-corrected chi connectivity index (χ3v) is 3.88.